The molecule has 0 aromatic heterocycles. The second-order valence-electron chi connectivity index (χ2n) is 5.05. The zero-order valence-corrected chi connectivity index (χ0v) is 14.3. The minimum Gasteiger partial charge on any atom is -0.322 e. The molecule has 0 radical (unpaired) electrons. The Morgan fingerprint density at radius 3 is 2.46 bits per heavy atom. The highest BCUT2D eigenvalue weighted by atomic mass is 35.5. The van der Waals surface area contributed by atoms with E-state index in [1.54, 1.807) is 24.3 Å². The molecule has 0 atom stereocenters. The number of nitrogens with zero attached hydrogens (tertiary/aromatic N) is 1. The minimum atomic E-state index is -3.50. The van der Waals surface area contributed by atoms with E-state index >= 15 is 0 Å². The van der Waals surface area contributed by atoms with Gasteiger partial charge >= 0.3 is 0 Å². The summed E-state index contributed by atoms with van der Waals surface area (Å²) in [6.07, 6.45) is 1.30. The maximum atomic E-state index is 12.3. The fourth-order valence-corrected chi connectivity index (χ4v) is 2.73. The van der Waals surface area contributed by atoms with Crippen molar-refractivity contribution in [3.63, 3.8) is 0 Å². The molecule has 124 valence electrons. The third-order valence-corrected chi connectivity index (χ3v) is 3.94. The van der Waals surface area contributed by atoms with Crippen molar-refractivity contribution >= 4 is 38.9 Å². The lowest BCUT2D eigenvalue weighted by Crippen LogP contribution is -2.14. The normalized spacial score (nSPS) is 10.7. The summed E-state index contributed by atoms with van der Waals surface area (Å²) in [5.41, 5.74) is 1.80. The molecule has 0 spiro atoms. The van der Waals surface area contributed by atoms with E-state index in [2.05, 4.69) is 10.0 Å². The van der Waals surface area contributed by atoms with Crippen LogP contribution in [0.5, 0.6) is 0 Å². The van der Waals surface area contributed by atoms with Crippen molar-refractivity contribution < 1.29 is 13.2 Å². The molecule has 6 nitrogen and oxygen atoms in total. The zero-order chi connectivity index (χ0) is 17.7. The van der Waals surface area contributed by atoms with Gasteiger partial charge in [0.2, 0.25) is 10.0 Å². The van der Waals surface area contributed by atoms with E-state index in [9.17, 15) is 13.2 Å². The number of halogens is 1. The summed E-state index contributed by atoms with van der Waals surface area (Å²) in [6, 6.07) is 13.2. The van der Waals surface area contributed by atoms with E-state index in [4.69, 9.17) is 16.9 Å². The molecule has 2 N–H and O–H groups in total. The topological polar surface area (TPSA) is 99.1 Å². The number of carbonyl (C=O) groups is 1. The molecule has 0 aliphatic carbocycles. The summed E-state index contributed by atoms with van der Waals surface area (Å²) >= 11 is 5.93. The van der Waals surface area contributed by atoms with E-state index < -0.39 is 15.9 Å². The second-order valence-corrected chi connectivity index (χ2v) is 7.21. The lowest BCUT2D eigenvalue weighted by Gasteiger charge is -2.10. The van der Waals surface area contributed by atoms with Gasteiger partial charge in [-0.15, -0.1) is 0 Å². The van der Waals surface area contributed by atoms with Gasteiger partial charge in [-0.1, -0.05) is 23.7 Å². The number of hydrogen-bond donors (Lipinski definition) is 2. The van der Waals surface area contributed by atoms with Gasteiger partial charge in [-0.25, -0.2) is 8.42 Å². The lowest BCUT2D eigenvalue weighted by atomic mass is 10.1. The highest BCUT2D eigenvalue weighted by molar-refractivity contribution is 7.92. The monoisotopic (exact) mass is 363 g/mol. The second kappa shape index (κ2) is 7.34. The third-order valence-electron chi connectivity index (χ3n) is 3.02. The van der Waals surface area contributed by atoms with Gasteiger partial charge in [-0.3, -0.25) is 9.52 Å². The van der Waals surface area contributed by atoms with Crippen molar-refractivity contribution in [2.75, 3.05) is 16.3 Å². The molecule has 2 aromatic rings. The average Bonchev–Trinajstić information content (AvgIpc) is 2.50. The molecular formula is C16H14ClN3O3S. The first-order valence-electron chi connectivity index (χ1n) is 6.83. The van der Waals surface area contributed by atoms with E-state index in [-0.39, 0.29) is 16.3 Å². The molecule has 8 heteroatoms. The van der Waals surface area contributed by atoms with Gasteiger partial charge < -0.3 is 5.32 Å². The van der Waals surface area contributed by atoms with Crippen LogP contribution in [0.15, 0.2) is 42.5 Å². The molecule has 0 aliphatic heterocycles. The molecule has 0 fully saturated rings. The van der Waals surface area contributed by atoms with Crippen molar-refractivity contribution in [1.82, 2.24) is 0 Å². The fourth-order valence-electron chi connectivity index (χ4n) is 1.94. The van der Waals surface area contributed by atoms with Crippen LogP contribution in [0.3, 0.4) is 0 Å². The molecule has 0 bridgehead atoms. The smallest absolute Gasteiger partial charge is 0.255 e. The fraction of sp³-hybridized carbons (Fsp3) is 0.125. The quantitative estimate of drug-likeness (QED) is 0.852. The van der Waals surface area contributed by atoms with E-state index in [1.807, 2.05) is 6.07 Å². The van der Waals surface area contributed by atoms with Gasteiger partial charge in [0.1, 0.15) is 0 Å². The minimum absolute atomic E-state index is 0.135. The van der Waals surface area contributed by atoms with Crippen molar-refractivity contribution in [2.45, 2.75) is 6.42 Å². The molecule has 0 saturated heterocycles. The predicted octanol–water partition coefficient (Wildman–Crippen LogP) is 3.03. The molecule has 24 heavy (non-hydrogen) atoms. The Bertz CT molecular complexity index is 903. The Hall–Kier alpha value is -2.56. The summed E-state index contributed by atoms with van der Waals surface area (Å²) in [5, 5.41) is 11.5. The van der Waals surface area contributed by atoms with Crippen LogP contribution >= 0.6 is 11.6 Å². The number of sulfonamides is 1. The Morgan fingerprint density at radius 1 is 1.21 bits per heavy atom. The Kier molecular flexibility index (Phi) is 5.44. The van der Waals surface area contributed by atoms with Crippen LogP contribution in [0.4, 0.5) is 11.4 Å². The Labute approximate surface area is 145 Å². The summed E-state index contributed by atoms with van der Waals surface area (Å²) in [5.74, 6) is -0.406. The number of amides is 1. The molecule has 1 amide bonds. The van der Waals surface area contributed by atoms with Crippen molar-refractivity contribution in [3.8, 4) is 6.07 Å². The van der Waals surface area contributed by atoms with Crippen LogP contribution < -0.4 is 10.0 Å². The molecule has 2 rings (SSSR count). The molecule has 0 unspecified atom stereocenters. The first kappa shape index (κ1) is 17.8. The third kappa shape index (κ3) is 4.98. The van der Waals surface area contributed by atoms with Crippen molar-refractivity contribution in [2.24, 2.45) is 0 Å². The summed E-state index contributed by atoms with van der Waals surface area (Å²) < 4.78 is 24.9. The van der Waals surface area contributed by atoms with E-state index in [0.717, 1.165) is 11.8 Å². The predicted molar refractivity (Wildman–Crippen MR) is 93.6 cm³/mol. The van der Waals surface area contributed by atoms with Crippen LogP contribution in [0.25, 0.3) is 0 Å². The SMILES string of the molecule is CS(=O)(=O)Nc1cc(C(=O)Nc2ccc(CC#N)cc2)ccc1Cl. The van der Waals surface area contributed by atoms with Gasteiger partial charge in [0, 0.05) is 11.3 Å². The lowest BCUT2D eigenvalue weighted by molar-refractivity contribution is 0.102. The first-order chi connectivity index (χ1) is 11.3. The van der Waals surface area contributed by atoms with Gasteiger partial charge in [-0.2, -0.15) is 5.26 Å². The van der Waals surface area contributed by atoms with Crippen LogP contribution in [0, 0.1) is 11.3 Å². The molecule has 0 aliphatic rings. The van der Waals surface area contributed by atoms with Crippen LogP contribution in [0.1, 0.15) is 15.9 Å². The number of nitriles is 1. The highest BCUT2D eigenvalue weighted by Crippen LogP contribution is 2.24. The van der Waals surface area contributed by atoms with Gasteiger partial charge in [-0.05, 0) is 35.9 Å². The summed E-state index contributed by atoms with van der Waals surface area (Å²) in [7, 11) is -3.50. The average molecular weight is 364 g/mol. The van der Waals surface area contributed by atoms with Crippen molar-refractivity contribution in [3.05, 3.63) is 58.6 Å². The molecule has 0 saturated carbocycles. The first-order valence-corrected chi connectivity index (χ1v) is 9.10. The largest absolute Gasteiger partial charge is 0.322 e. The number of anilines is 2. The highest BCUT2D eigenvalue weighted by Gasteiger charge is 2.12. The van der Waals surface area contributed by atoms with Gasteiger partial charge in [0.05, 0.1) is 29.5 Å². The van der Waals surface area contributed by atoms with Crippen LogP contribution in [-0.4, -0.2) is 20.6 Å². The number of hydrogen-bond acceptors (Lipinski definition) is 4. The number of nitrogens with one attached hydrogen (secondary N) is 2. The van der Waals surface area contributed by atoms with Gasteiger partial charge in [0.25, 0.3) is 5.91 Å². The summed E-state index contributed by atoms with van der Waals surface area (Å²) in [6.45, 7) is 0. The molecule has 2 aromatic carbocycles. The van der Waals surface area contributed by atoms with Crippen LogP contribution in [-0.2, 0) is 16.4 Å². The number of rotatable bonds is 5. The van der Waals surface area contributed by atoms with Gasteiger partial charge in [0.15, 0.2) is 0 Å². The van der Waals surface area contributed by atoms with E-state index in [1.165, 1.54) is 18.2 Å². The van der Waals surface area contributed by atoms with Crippen molar-refractivity contribution in [1.29, 1.82) is 5.26 Å². The zero-order valence-electron chi connectivity index (χ0n) is 12.7. The standard InChI is InChI=1S/C16H14ClN3O3S/c1-24(22,23)20-15-10-12(4-7-14(15)17)16(21)19-13-5-2-11(3-6-13)8-9-18/h2-7,10,20H,8H2,1H3,(H,19,21). The Balaban J connectivity index is 2.17. The molecular weight excluding hydrogens is 350 g/mol. The maximum absolute atomic E-state index is 12.3. The maximum Gasteiger partial charge on any atom is 0.255 e. The molecule has 0 heterocycles. The van der Waals surface area contributed by atoms with E-state index in [0.29, 0.717) is 12.1 Å². The number of carbonyl (C=O) groups excluding carboxylic acids is 1. The van der Waals surface area contributed by atoms with Crippen LogP contribution in [0.2, 0.25) is 5.02 Å². The number of benzene rings is 2. The summed E-state index contributed by atoms with van der Waals surface area (Å²) in [4.78, 5) is 12.3. The Morgan fingerprint density at radius 2 is 1.88 bits per heavy atom.